The smallest absolute Gasteiger partial charge is 0.252 e. The molecule has 9 heteroatoms. The molecule has 34 heavy (non-hydrogen) atoms. The summed E-state index contributed by atoms with van der Waals surface area (Å²) in [5.41, 5.74) is 1.60. The highest BCUT2D eigenvalue weighted by atomic mass is 79.9. The lowest BCUT2D eigenvalue weighted by atomic mass is 9.93. The molecule has 5 atom stereocenters. The van der Waals surface area contributed by atoms with Gasteiger partial charge in [-0.1, -0.05) is 48.9 Å². The Kier molecular flexibility index (Phi) is 8.25. The van der Waals surface area contributed by atoms with Crippen LogP contribution in [0.3, 0.4) is 0 Å². The first-order valence-electron chi connectivity index (χ1n) is 11.5. The summed E-state index contributed by atoms with van der Waals surface area (Å²) in [6.07, 6.45) is 0.811. The van der Waals surface area contributed by atoms with E-state index >= 15 is 0 Å². The lowest BCUT2D eigenvalue weighted by Crippen LogP contribution is -2.61. The number of aryl methyl sites for hydroxylation is 1. The monoisotopic (exact) mass is 538 g/mol. The molecule has 0 radical (unpaired) electrons. The van der Waals surface area contributed by atoms with Gasteiger partial charge in [0.15, 0.2) is 11.9 Å². The van der Waals surface area contributed by atoms with E-state index < -0.39 is 42.2 Å². The Morgan fingerprint density at radius 3 is 2.71 bits per heavy atom. The highest BCUT2D eigenvalue weighted by Crippen LogP contribution is 2.32. The summed E-state index contributed by atoms with van der Waals surface area (Å²) in [7, 11) is 1.38. The summed E-state index contributed by atoms with van der Waals surface area (Å²) in [4.78, 5) is 26.0. The lowest BCUT2D eigenvalue weighted by Gasteiger charge is -2.45. The fourth-order valence-electron chi connectivity index (χ4n) is 4.11. The van der Waals surface area contributed by atoms with Gasteiger partial charge in [-0.05, 0) is 55.9 Å². The van der Waals surface area contributed by atoms with Gasteiger partial charge in [-0.3, -0.25) is 9.59 Å². The second-order valence-corrected chi connectivity index (χ2v) is 11.2. The van der Waals surface area contributed by atoms with Crippen LogP contribution in [-0.4, -0.2) is 60.3 Å². The van der Waals surface area contributed by atoms with Crippen molar-refractivity contribution in [1.29, 1.82) is 0 Å². The summed E-state index contributed by atoms with van der Waals surface area (Å²) in [5, 5.41) is 16.7. The van der Waals surface area contributed by atoms with Crippen LogP contribution in [0.5, 0.6) is 0 Å². The second kappa shape index (κ2) is 10.5. The molecule has 8 nitrogen and oxygen atoms in total. The van der Waals surface area contributed by atoms with Crippen LogP contribution in [0.25, 0.3) is 0 Å². The Balaban J connectivity index is 1.75. The number of amides is 2. The fourth-order valence-corrected chi connectivity index (χ4v) is 4.52. The third kappa shape index (κ3) is 6.66. The van der Waals surface area contributed by atoms with Gasteiger partial charge in [-0.2, -0.15) is 0 Å². The molecule has 188 valence electrons. The molecule has 2 aliphatic heterocycles. The molecule has 1 fully saturated rings. The summed E-state index contributed by atoms with van der Waals surface area (Å²) in [6.45, 7) is 9.57. The summed E-state index contributed by atoms with van der Waals surface area (Å²) in [5.74, 6) is -1.89. The average molecular weight is 539 g/mol. The molecule has 0 aliphatic carbocycles. The number of ether oxygens (including phenoxy) is 3. The first kappa shape index (κ1) is 26.8. The van der Waals surface area contributed by atoms with Gasteiger partial charge in [0.05, 0.1) is 0 Å². The number of nitrogens with one attached hydrogen (secondary N) is 2. The number of hydrogen-bond donors (Lipinski definition) is 3. The number of aliphatic hydroxyl groups excluding tert-OH is 1. The Bertz CT molecular complexity index is 942. The summed E-state index contributed by atoms with van der Waals surface area (Å²) < 4.78 is 18.2. The number of aliphatic hydroxyl groups is 1. The van der Waals surface area contributed by atoms with E-state index in [-0.39, 0.29) is 11.3 Å². The number of allylic oxidation sites excluding steroid dienone is 1. The van der Waals surface area contributed by atoms with E-state index in [2.05, 4.69) is 26.6 Å². The number of methoxy groups -OCH3 is 1. The Morgan fingerprint density at radius 2 is 2.06 bits per heavy atom. The van der Waals surface area contributed by atoms with Crippen molar-refractivity contribution in [3.05, 3.63) is 40.4 Å². The van der Waals surface area contributed by atoms with Crippen LogP contribution >= 0.6 is 15.9 Å². The zero-order valence-corrected chi connectivity index (χ0v) is 22.1. The van der Waals surface area contributed by atoms with Crippen molar-refractivity contribution >= 4 is 33.4 Å². The molecule has 0 bridgehead atoms. The minimum Gasteiger partial charge on any atom is -0.387 e. The maximum atomic E-state index is 13.2. The minimum absolute atomic E-state index is 0.112. The van der Waals surface area contributed by atoms with E-state index in [1.807, 2.05) is 45.0 Å². The molecule has 0 saturated carbocycles. The molecule has 2 unspecified atom stereocenters. The van der Waals surface area contributed by atoms with Gasteiger partial charge >= 0.3 is 0 Å². The molecular weight excluding hydrogens is 504 g/mol. The lowest BCUT2D eigenvalue weighted by molar-refractivity contribution is -0.334. The van der Waals surface area contributed by atoms with Crippen LogP contribution in [0, 0.1) is 5.41 Å². The van der Waals surface area contributed by atoms with Gasteiger partial charge in [-0.15, -0.1) is 0 Å². The molecule has 0 aromatic heterocycles. The molecular formula is C25H35BrN2O6. The van der Waals surface area contributed by atoms with E-state index in [9.17, 15) is 14.7 Å². The maximum Gasteiger partial charge on any atom is 0.252 e. The third-order valence-corrected chi connectivity index (χ3v) is 6.26. The van der Waals surface area contributed by atoms with Gasteiger partial charge in [0.25, 0.3) is 5.91 Å². The number of carbonyl (C=O) groups excluding carboxylic acids is 2. The van der Waals surface area contributed by atoms with Gasteiger partial charge < -0.3 is 30.0 Å². The maximum absolute atomic E-state index is 13.2. The molecule has 2 heterocycles. The molecule has 1 aromatic carbocycles. The van der Waals surface area contributed by atoms with Crippen molar-refractivity contribution in [3.8, 4) is 0 Å². The third-order valence-electron chi connectivity index (χ3n) is 5.77. The van der Waals surface area contributed by atoms with Gasteiger partial charge in [0.1, 0.15) is 24.4 Å². The predicted molar refractivity (Wildman–Crippen MR) is 132 cm³/mol. The molecule has 2 amide bonds. The summed E-state index contributed by atoms with van der Waals surface area (Å²) in [6, 6.07) is 4.89. The topological polar surface area (TPSA) is 106 Å². The van der Waals surface area contributed by atoms with Crippen LogP contribution in [0.1, 0.15) is 46.6 Å². The molecule has 0 spiro atoms. The summed E-state index contributed by atoms with van der Waals surface area (Å²) >= 11 is 3.45. The molecule has 2 aliphatic rings. The number of rotatable bonds is 5. The quantitative estimate of drug-likeness (QED) is 0.496. The van der Waals surface area contributed by atoms with Crippen molar-refractivity contribution in [2.24, 2.45) is 5.41 Å². The first-order chi connectivity index (χ1) is 15.8. The second-order valence-electron chi connectivity index (χ2n) is 10.3. The molecule has 3 N–H and O–H groups in total. The van der Waals surface area contributed by atoms with Crippen molar-refractivity contribution in [3.63, 3.8) is 0 Å². The average Bonchev–Trinajstić information content (AvgIpc) is 2.87. The number of hydrogen-bond acceptors (Lipinski definition) is 6. The number of anilines is 1. The SMILES string of the molecule is COC(C(=O)NC1CCc2cc(Br)ccc2NC1=O)[C@@H]1OC(C)(C)O[C@H](C=CC(C)(C)C)[C@@H]1O. The van der Waals surface area contributed by atoms with E-state index in [1.165, 1.54) is 7.11 Å². The van der Waals surface area contributed by atoms with E-state index in [4.69, 9.17) is 14.2 Å². The van der Waals surface area contributed by atoms with Crippen LogP contribution in [0.4, 0.5) is 5.69 Å². The van der Waals surface area contributed by atoms with Crippen LogP contribution in [0.15, 0.2) is 34.8 Å². The standard InChI is InChI=1S/C25H35BrN2O6/c1-24(2,3)12-11-18-19(29)20(34-25(4,5)33-18)21(32-6)23(31)28-17-9-7-14-13-15(26)8-10-16(14)27-22(17)30/h8,10-13,17-21,29H,7,9H2,1-6H3,(H,27,30)(H,28,31)/t17?,18-,19+,20-,21?/m1/s1. The normalized spacial score (nSPS) is 28.1. The van der Waals surface area contributed by atoms with Crippen LogP contribution in [-0.2, 0) is 30.2 Å². The van der Waals surface area contributed by atoms with Gasteiger partial charge in [-0.25, -0.2) is 0 Å². The van der Waals surface area contributed by atoms with Crippen molar-refractivity contribution in [2.45, 2.75) is 83.7 Å². The predicted octanol–water partition coefficient (Wildman–Crippen LogP) is 3.32. The van der Waals surface area contributed by atoms with Crippen molar-refractivity contribution in [2.75, 3.05) is 12.4 Å². The van der Waals surface area contributed by atoms with E-state index in [0.29, 0.717) is 12.8 Å². The molecule has 1 saturated heterocycles. The largest absolute Gasteiger partial charge is 0.387 e. The van der Waals surface area contributed by atoms with Gasteiger partial charge in [0, 0.05) is 17.3 Å². The Morgan fingerprint density at radius 1 is 1.35 bits per heavy atom. The van der Waals surface area contributed by atoms with Crippen molar-refractivity contribution in [1.82, 2.24) is 5.32 Å². The van der Waals surface area contributed by atoms with E-state index in [1.54, 1.807) is 19.9 Å². The van der Waals surface area contributed by atoms with Gasteiger partial charge in [0.2, 0.25) is 5.91 Å². The Labute approximate surface area is 209 Å². The number of carbonyl (C=O) groups is 2. The Hall–Kier alpha value is -1.78. The van der Waals surface area contributed by atoms with Crippen LogP contribution < -0.4 is 10.6 Å². The minimum atomic E-state index is -1.15. The zero-order valence-electron chi connectivity index (χ0n) is 20.6. The number of halogens is 1. The molecule has 3 rings (SSSR count). The van der Waals surface area contributed by atoms with Crippen molar-refractivity contribution < 1.29 is 28.9 Å². The highest BCUT2D eigenvalue weighted by molar-refractivity contribution is 9.10. The highest BCUT2D eigenvalue weighted by Gasteiger charge is 2.48. The first-order valence-corrected chi connectivity index (χ1v) is 12.2. The number of benzene rings is 1. The molecule has 1 aromatic rings. The number of fused-ring (bicyclic) bond motifs is 1. The van der Waals surface area contributed by atoms with Crippen LogP contribution in [0.2, 0.25) is 0 Å². The zero-order chi connectivity index (χ0) is 25.3. The fraction of sp³-hybridized carbons (Fsp3) is 0.600. The van der Waals surface area contributed by atoms with E-state index in [0.717, 1.165) is 15.7 Å².